The summed E-state index contributed by atoms with van der Waals surface area (Å²) in [5.41, 5.74) is 4.04. The van der Waals surface area contributed by atoms with Crippen molar-refractivity contribution in [1.29, 1.82) is 0 Å². The zero-order valence-corrected chi connectivity index (χ0v) is 14.3. The Kier molecular flexibility index (Phi) is 3.60. The fourth-order valence-electron chi connectivity index (χ4n) is 2.58. The Labute approximate surface area is 135 Å². The molecule has 23 heavy (non-hydrogen) atoms. The third-order valence-electron chi connectivity index (χ3n) is 3.71. The van der Waals surface area contributed by atoms with Crippen LogP contribution >= 0.6 is 0 Å². The van der Waals surface area contributed by atoms with Gasteiger partial charge < -0.3 is 4.57 Å². The van der Waals surface area contributed by atoms with Crippen LogP contribution in [-0.2, 0) is 17.1 Å². The Morgan fingerprint density at radius 1 is 1.13 bits per heavy atom. The van der Waals surface area contributed by atoms with Crippen LogP contribution in [0, 0.1) is 13.8 Å². The largest absolute Gasteiger partial charge is 0.333 e. The van der Waals surface area contributed by atoms with Gasteiger partial charge in [0, 0.05) is 24.8 Å². The summed E-state index contributed by atoms with van der Waals surface area (Å²) in [6.45, 7) is 3.84. The molecule has 0 unspecified atom stereocenters. The van der Waals surface area contributed by atoms with E-state index in [9.17, 15) is 8.42 Å². The highest BCUT2D eigenvalue weighted by atomic mass is 32.2. The second kappa shape index (κ2) is 5.34. The van der Waals surface area contributed by atoms with Crippen molar-refractivity contribution in [3.63, 3.8) is 0 Å². The molecule has 1 N–H and O–H groups in total. The number of hydrogen-bond acceptors (Lipinski definition) is 4. The summed E-state index contributed by atoms with van der Waals surface area (Å²) in [5.74, 6) is 0.797. The van der Waals surface area contributed by atoms with Gasteiger partial charge in [-0.05, 0) is 43.2 Å². The standard InChI is InChI=1S/C16H18N4O2S/c1-10-7-15(16-17-5-6-20(16)3)18-14-8-11(2)13(9-12(10)14)19-23(4,21)22/h5-9,19H,1-4H3. The summed E-state index contributed by atoms with van der Waals surface area (Å²) in [7, 11) is -1.39. The number of hydrogen-bond donors (Lipinski definition) is 1. The van der Waals surface area contributed by atoms with Crippen LogP contribution in [0.1, 0.15) is 11.1 Å². The Hall–Kier alpha value is -2.41. The van der Waals surface area contributed by atoms with E-state index in [0.29, 0.717) is 5.69 Å². The monoisotopic (exact) mass is 330 g/mol. The number of nitrogens with one attached hydrogen (secondary N) is 1. The molecule has 2 aromatic heterocycles. The molecule has 0 saturated carbocycles. The van der Waals surface area contributed by atoms with E-state index < -0.39 is 10.0 Å². The minimum Gasteiger partial charge on any atom is -0.333 e. The number of benzene rings is 1. The SMILES string of the molecule is Cc1cc2nc(-c3nccn3C)cc(C)c2cc1NS(C)(=O)=O. The van der Waals surface area contributed by atoms with Crippen molar-refractivity contribution in [2.45, 2.75) is 13.8 Å². The second-order valence-corrected chi connectivity index (χ2v) is 7.49. The molecule has 0 bridgehead atoms. The molecule has 0 saturated heterocycles. The Bertz CT molecular complexity index is 1010. The number of rotatable bonds is 3. The average Bonchev–Trinajstić information content (AvgIpc) is 2.85. The smallest absolute Gasteiger partial charge is 0.229 e. The van der Waals surface area contributed by atoms with Crippen molar-refractivity contribution in [1.82, 2.24) is 14.5 Å². The summed E-state index contributed by atoms with van der Waals surface area (Å²) in [6, 6.07) is 5.68. The van der Waals surface area contributed by atoms with E-state index in [-0.39, 0.29) is 0 Å². The van der Waals surface area contributed by atoms with Crippen LogP contribution in [0.5, 0.6) is 0 Å². The number of pyridine rings is 1. The van der Waals surface area contributed by atoms with Crippen LogP contribution in [0.25, 0.3) is 22.4 Å². The maximum Gasteiger partial charge on any atom is 0.229 e. The van der Waals surface area contributed by atoms with Crippen LogP contribution < -0.4 is 4.72 Å². The average molecular weight is 330 g/mol. The van der Waals surface area contributed by atoms with Crippen LogP contribution in [0.3, 0.4) is 0 Å². The number of imidazole rings is 1. The first-order valence-corrected chi connectivity index (χ1v) is 9.01. The quantitative estimate of drug-likeness (QED) is 0.801. The van der Waals surface area contributed by atoms with Crippen LogP contribution in [0.15, 0.2) is 30.6 Å². The zero-order chi connectivity index (χ0) is 16.8. The van der Waals surface area contributed by atoms with E-state index in [4.69, 9.17) is 0 Å². The summed E-state index contributed by atoms with van der Waals surface area (Å²) in [4.78, 5) is 9.01. The Balaban J connectivity index is 2.19. The number of aryl methyl sites for hydroxylation is 3. The third-order valence-corrected chi connectivity index (χ3v) is 4.30. The lowest BCUT2D eigenvalue weighted by atomic mass is 10.0. The summed E-state index contributed by atoms with van der Waals surface area (Å²) in [5, 5.41) is 0.916. The lowest BCUT2D eigenvalue weighted by Gasteiger charge is -2.12. The van der Waals surface area contributed by atoms with E-state index in [1.54, 1.807) is 6.20 Å². The molecule has 120 valence electrons. The van der Waals surface area contributed by atoms with E-state index in [0.717, 1.165) is 39.8 Å². The molecular formula is C16H18N4O2S. The van der Waals surface area contributed by atoms with Gasteiger partial charge in [-0.1, -0.05) is 0 Å². The van der Waals surface area contributed by atoms with E-state index in [1.165, 1.54) is 0 Å². The van der Waals surface area contributed by atoms with Gasteiger partial charge in [-0.25, -0.2) is 18.4 Å². The minimum atomic E-state index is -3.31. The predicted octanol–water partition coefficient (Wildman–Crippen LogP) is 2.62. The number of anilines is 1. The van der Waals surface area contributed by atoms with E-state index >= 15 is 0 Å². The molecule has 7 heteroatoms. The van der Waals surface area contributed by atoms with Crippen LogP contribution in [0.2, 0.25) is 0 Å². The molecule has 0 radical (unpaired) electrons. The zero-order valence-electron chi connectivity index (χ0n) is 13.5. The predicted molar refractivity (Wildman–Crippen MR) is 91.9 cm³/mol. The number of sulfonamides is 1. The van der Waals surface area contributed by atoms with Gasteiger partial charge in [0.2, 0.25) is 10.0 Å². The van der Waals surface area contributed by atoms with Gasteiger partial charge in [-0.2, -0.15) is 0 Å². The summed E-state index contributed by atoms with van der Waals surface area (Å²) < 4.78 is 27.4. The first kappa shape index (κ1) is 15.5. The third kappa shape index (κ3) is 3.05. The van der Waals surface area contributed by atoms with Crippen molar-refractivity contribution in [3.8, 4) is 11.5 Å². The molecule has 1 aromatic carbocycles. The fourth-order valence-corrected chi connectivity index (χ4v) is 3.20. The normalized spacial score (nSPS) is 11.8. The lowest BCUT2D eigenvalue weighted by Crippen LogP contribution is -2.10. The van der Waals surface area contributed by atoms with Gasteiger partial charge in [0.1, 0.15) is 5.69 Å². The van der Waals surface area contributed by atoms with Gasteiger partial charge in [-0.3, -0.25) is 4.72 Å². The number of aromatic nitrogens is 3. The lowest BCUT2D eigenvalue weighted by molar-refractivity contribution is 0.607. The molecule has 6 nitrogen and oxygen atoms in total. The van der Waals surface area contributed by atoms with Crippen molar-refractivity contribution in [3.05, 3.63) is 41.7 Å². The first-order valence-electron chi connectivity index (χ1n) is 7.12. The van der Waals surface area contributed by atoms with Gasteiger partial charge in [-0.15, -0.1) is 0 Å². The highest BCUT2D eigenvalue weighted by molar-refractivity contribution is 7.92. The summed E-state index contributed by atoms with van der Waals surface area (Å²) in [6.07, 6.45) is 4.76. The molecule has 3 rings (SSSR count). The molecule has 2 heterocycles. The van der Waals surface area contributed by atoms with E-state index in [2.05, 4.69) is 14.7 Å². The van der Waals surface area contributed by atoms with Crippen molar-refractivity contribution in [2.24, 2.45) is 7.05 Å². The highest BCUT2D eigenvalue weighted by Crippen LogP contribution is 2.28. The van der Waals surface area contributed by atoms with Crippen molar-refractivity contribution < 1.29 is 8.42 Å². The molecular weight excluding hydrogens is 312 g/mol. The van der Waals surface area contributed by atoms with Gasteiger partial charge in [0.25, 0.3) is 0 Å². The Morgan fingerprint density at radius 2 is 1.87 bits per heavy atom. The molecule has 0 spiro atoms. The Morgan fingerprint density at radius 3 is 2.48 bits per heavy atom. The van der Waals surface area contributed by atoms with Crippen molar-refractivity contribution >= 4 is 26.6 Å². The van der Waals surface area contributed by atoms with Crippen LogP contribution in [-0.4, -0.2) is 29.2 Å². The minimum absolute atomic E-state index is 0.578. The van der Waals surface area contributed by atoms with E-state index in [1.807, 2.05) is 49.9 Å². The maximum atomic E-state index is 11.5. The highest BCUT2D eigenvalue weighted by Gasteiger charge is 2.12. The first-order chi connectivity index (χ1) is 10.7. The molecule has 3 aromatic rings. The molecule has 0 fully saturated rings. The molecule has 0 amide bonds. The van der Waals surface area contributed by atoms with Gasteiger partial charge in [0.05, 0.1) is 17.5 Å². The molecule has 0 aliphatic carbocycles. The van der Waals surface area contributed by atoms with Gasteiger partial charge in [0.15, 0.2) is 5.82 Å². The number of fused-ring (bicyclic) bond motifs is 1. The van der Waals surface area contributed by atoms with Gasteiger partial charge >= 0.3 is 0 Å². The topological polar surface area (TPSA) is 76.9 Å². The number of nitrogens with zero attached hydrogens (tertiary/aromatic N) is 3. The fraction of sp³-hybridized carbons (Fsp3) is 0.250. The maximum absolute atomic E-state index is 11.5. The molecule has 0 atom stereocenters. The molecule has 0 aliphatic rings. The van der Waals surface area contributed by atoms with Crippen LogP contribution in [0.4, 0.5) is 5.69 Å². The van der Waals surface area contributed by atoms with Crippen molar-refractivity contribution in [2.75, 3.05) is 11.0 Å². The molecule has 0 aliphatic heterocycles. The summed E-state index contributed by atoms with van der Waals surface area (Å²) >= 11 is 0. The second-order valence-electron chi connectivity index (χ2n) is 5.74.